The molecule has 0 bridgehead atoms. The molecule has 2 aromatic rings. The molecule has 1 N–H and O–H groups in total. The third kappa shape index (κ3) is 4.03. The van der Waals surface area contributed by atoms with Crippen LogP contribution in [0.4, 0.5) is 19.0 Å². The summed E-state index contributed by atoms with van der Waals surface area (Å²) in [5.41, 5.74) is 0.708. The van der Waals surface area contributed by atoms with Crippen molar-refractivity contribution in [3.8, 4) is 0 Å². The minimum Gasteiger partial charge on any atom is -0.363 e. The molecule has 2 rings (SSSR count). The Kier molecular flexibility index (Phi) is 4.41. The normalized spacial score (nSPS) is 13.9. The molecule has 0 aliphatic rings. The molecule has 0 spiro atoms. The van der Waals surface area contributed by atoms with Crippen LogP contribution in [0.1, 0.15) is 50.7 Å². The van der Waals surface area contributed by atoms with E-state index in [9.17, 15) is 13.2 Å². The van der Waals surface area contributed by atoms with Crippen molar-refractivity contribution < 1.29 is 13.2 Å². The number of pyridine rings is 1. The van der Waals surface area contributed by atoms with E-state index in [4.69, 9.17) is 0 Å². The lowest BCUT2D eigenvalue weighted by molar-refractivity contribution is -0.141. The van der Waals surface area contributed by atoms with Gasteiger partial charge in [0.25, 0.3) is 0 Å². The molecule has 0 aromatic carbocycles. The van der Waals surface area contributed by atoms with Gasteiger partial charge in [0.2, 0.25) is 0 Å². The number of hydrogen-bond acceptors (Lipinski definition) is 3. The van der Waals surface area contributed by atoms with Crippen molar-refractivity contribution in [1.82, 2.24) is 14.8 Å². The number of rotatable bonds is 3. The Hall–Kier alpha value is -2.05. The summed E-state index contributed by atoms with van der Waals surface area (Å²) in [5, 5.41) is 7.49. The zero-order chi connectivity index (χ0) is 17.4. The Labute approximate surface area is 133 Å². The highest BCUT2D eigenvalue weighted by Gasteiger charge is 2.32. The number of hydrogen-bond donors (Lipinski definition) is 1. The minimum absolute atomic E-state index is 0.156. The van der Waals surface area contributed by atoms with Gasteiger partial charge in [-0.05, 0) is 46.8 Å². The average Bonchev–Trinajstić information content (AvgIpc) is 2.80. The molecule has 23 heavy (non-hydrogen) atoms. The van der Waals surface area contributed by atoms with E-state index in [0.29, 0.717) is 0 Å². The van der Waals surface area contributed by atoms with Crippen LogP contribution < -0.4 is 5.32 Å². The van der Waals surface area contributed by atoms with Gasteiger partial charge in [0.1, 0.15) is 11.5 Å². The predicted molar refractivity (Wildman–Crippen MR) is 83.2 cm³/mol. The zero-order valence-electron chi connectivity index (χ0n) is 13.9. The largest absolute Gasteiger partial charge is 0.433 e. The summed E-state index contributed by atoms with van der Waals surface area (Å²) in [6, 6.07) is 3.62. The Morgan fingerprint density at radius 1 is 1.17 bits per heavy atom. The second-order valence-electron chi connectivity index (χ2n) is 6.56. The first-order valence-corrected chi connectivity index (χ1v) is 7.36. The van der Waals surface area contributed by atoms with Crippen LogP contribution in [-0.4, -0.2) is 14.8 Å². The molecule has 0 fully saturated rings. The van der Waals surface area contributed by atoms with Gasteiger partial charge in [-0.3, -0.25) is 4.68 Å². The lowest BCUT2D eigenvalue weighted by atomic mass is 10.1. The van der Waals surface area contributed by atoms with E-state index in [-0.39, 0.29) is 17.4 Å². The third-order valence-corrected chi connectivity index (χ3v) is 3.49. The van der Waals surface area contributed by atoms with E-state index in [0.717, 1.165) is 17.3 Å². The van der Waals surface area contributed by atoms with Crippen molar-refractivity contribution in [2.45, 2.75) is 52.4 Å². The van der Waals surface area contributed by atoms with Crippen molar-refractivity contribution in [2.75, 3.05) is 5.32 Å². The highest BCUT2D eigenvalue weighted by atomic mass is 19.4. The molecule has 1 atom stereocenters. The molecular weight excluding hydrogens is 305 g/mol. The Balaban J connectivity index is 2.23. The smallest absolute Gasteiger partial charge is 0.363 e. The number of aryl methyl sites for hydroxylation is 1. The van der Waals surface area contributed by atoms with E-state index in [1.54, 1.807) is 0 Å². The zero-order valence-corrected chi connectivity index (χ0v) is 13.9. The van der Waals surface area contributed by atoms with Gasteiger partial charge in [-0.2, -0.15) is 18.3 Å². The van der Waals surface area contributed by atoms with Gasteiger partial charge in [0.05, 0.1) is 17.3 Å². The van der Waals surface area contributed by atoms with Crippen molar-refractivity contribution >= 4 is 5.82 Å². The molecule has 2 aromatic heterocycles. The van der Waals surface area contributed by atoms with Crippen LogP contribution in [0.2, 0.25) is 0 Å². The molecule has 0 saturated carbocycles. The summed E-state index contributed by atoms with van der Waals surface area (Å²) in [6.45, 7) is 9.87. The molecule has 4 nitrogen and oxygen atoms in total. The van der Waals surface area contributed by atoms with Crippen LogP contribution in [0.15, 0.2) is 24.4 Å². The number of aromatic nitrogens is 3. The van der Waals surface area contributed by atoms with Crippen LogP contribution in [0.5, 0.6) is 0 Å². The highest BCUT2D eigenvalue weighted by molar-refractivity contribution is 5.39. The fourth-order valence-electron chi connectivity index (χ4n) is 2.21. The first-order chi connectivity index (χ1) is 10.5. The molecule has 0 amide bonds. The molecular formula is C16H21F3N4. The summed E-state index contributed by atoms with van der Waals surface area (Å²) in [4.78, 5) is 3.63. The van der Waals surface area contributed by atoms with Crippen molar-refractivity contribution in [3.05, 3.63) is 41.3 Å². The van der Waals surface area contributed by atoms with E-state index < -0.39 is 11.9 Å². The molecule has 0 saturated heterocycles. The van der Waals surface area contributed by atoms with Gasteiger partial charge in [0.15, 0.2) is 0 Å². The van der Waals surface area contributed by atoms with Crippen molar-refractivity contribution in [1.29, 1.82) is 0 Å². The van der Waals surface area contributed by atoms with Gasteiger partial charge in [-0.1, -0.05) is 6.07 Å². The fourth-order valence-corrected chi connectivity index (χ4v) is 2.21. The van der Waals surface area contributed by atoms with E-state index in [1.807, 2.05) is 45.5 Å². The van der Waals surface area contributed by atoms with E-state index >= 15 is 0 Å². The SMILES string of the molecule is Cc1nn(C(C)(C)C)cc1C(C)Nc1cccc(C(F)(F)F)n1. The number of nitrogens with one attached hydrogen (secondary N) is 1. The molecule has 7 heteroatoms. The minimum atomic E-state index is -4.45. The van der Waals surface area contributed by atoms with Crippen LogP contribution in [0, 0.1) is 6.92 Å². The van der Waals surface area contributed by atoms with Crippen molar-refractivity contribution in [3.63, 3.8) is 0 Å². The number of alkyl halides is 3. The maximum atomic E-state index is 12.7. The first kappa shape index (κ1) is 17.3. The summed E-state index contributed by atoms with van der Waals surface area (Å²) < 4.78 is 40.0. The number of halogens is 3. The monoisotopic (exact) mass is 326 g/mol. The Morgan fingerprint density at radius 3 is 2.35 bits per heavy atom. The molecule has 0 radical (unpaired) electrons. The van der Waals surface area contributed by atoms with E-state index in [1.165, 1.54) is 12.1 Å². The predicted octanol–water partition coefficient (Wildman–Crippen LogP) is 4.53. The first-order valence-electron chi connectivity index (χ1n) is 7.36. The Morgan fingerprint density at radius 2 is 1.83 bits per heavy atom. The Bertz CT molecular complexity index is 683. The summed E-state index contributed by atoms with van der Waals surface area (Å²) in [6.07, 6.45) is -2.53. The number of anilines is 1. The maximum Gasteiger partial charge on any atom is 0.433 e. The van der Waals surface area contributed by atoms with Crippen LogP contribution in [0.25, 0.3) is 0 Å². The average molecular weight is 326 g/mol. The third-order valence-electron chi connectivity index (χ3n) is 3.49. The highest BCUT2D eigenvalue weighted by Crippen LogP contribution is 2.29. The quantitative estimate of drug-likeness (QED) is 0.901. The lowest BCUT2D eigenvalue weighted by Gasteiger charge is -2.19. The molecule has 0 aliphatic carbocycles. The lowest BCUT2D eigenvalue weighted by Crippen LogP contribution is -2.22. The summed E-state index contributed by atoms with van der Waals surface area (Å²) in [5.74, 6) is 0.190. The van der Waals surface area contributed by atoms with Gasteiger partial charge < -0.3 is 5.32 Å². The summed E-state index contributed by atoms with van der Waals surface area (Å²) in [7, 11) is 0. The van der Waals surface area contributed by atoms with E-state index in [2.05, 4.69) is 15.4 Å². The number of nitrogens with zero attached hydrogens (tertiary/aromatic N) is 3. The second kappa shape index (κ2) is 5.86. The second-order valence-corrected chi connectivity index (χ2v) is 6.56. The summed E-state index contributed by atoms with van der Waals surface area (Å²) >= 11 is 0. The van der Waals surface area contributed by atoms with Gasteiger partial charge in [0, 0.05) is 11.8 Å². The fraction of sp³-hybridized carbons (Fsp3) is 0.500. The van der Waals surface area contributed by atoms with Crippen molar-refractivity contribution in [2.24, 2.45) is 0 Å². The van der Waals surface area contributed by atoms with Crippen LogP contribution in [0.3, 0.4) is 0 Å². The molecule has 2 heterocycles. The standard InChI is InChI=1S/C16H21F3N4/c1-10(12-9-23(15(3,4)5)22-11(12)2)20-14-8-6-7-13(21-14)16(17,18)19/h6-10H,1-5H3,(H,20,21). The van der Waals surface area contributed by atoms with Crippen LogP contribution >= 0.6 is 0 Å². The maximum absolute atomic E-state index is 12.7. The molecule has 0 aliphatic heterocycles. The van der Waals surface area contributed by atoms with Gasteiger partial charge in [-0.15, -0.1) is 0 Å². The topological polar surface area (TPSA) is 42.7 Å². The van der Waals surface area contributed by atoms with Gasteiger partial charge >= 0.3 is 6.18 Å². The van der Waals surface area contributed by atoms with Gasteiger partial charge in [-0.25, -0.2) is 4.98 Å². The van der Waals surface area contributed by atoms with Crippen LogP contribution in [-0.2, 0) is 11.7 Å². The molecule has 1 unspecified atom stereocenters. The molecule has 126 valence electrons.